The third kappa shape index (κ3) is 3.62. The van der Waals surface area contributed by atoms with Gasteiger partial charge in [-0.2, -0.15) is 0 Å². The molecule has 124 valence electrons. The Bertz CT molecular complexity index is 763. The number of benzene rings is 2. The molecule has 1 atom stereocenters. The first-order chi connectivity index (χ1) is 11.6. The zero-order valence-electron chi connectivity index (χ0n) is 12.9. The first-order valence-corrected chi connectivity index (χ1v) is 7.62. The van der Waals surface area contributed by atoms with Crippen LogP contribution in [0.2, 0.25) is 0 Å². The third-order valence-corrected chi connectivity index (χ3v) is 3.86. The minimum absolute atomic E-state index is 0.137. The Kier molecular flexibility index (Phi) is 4.60. The van der Waals surface area contributed by atoms with Crippen LogP contribution >= 0.6 is 0 Å². The molecule has 0 spiro atoms. The number of hydrogen-bond donors (Lipinski definition) is 2. The lowest BCUT2D eigenvalue weighted by molar-refractivity contribution is -0.383. The third-order valence-electron chi connectivity index (χ3n) is 3.86. The van der Waals surface area contributed by atoms with Gasteiger partial charge in [0.2, 0.25) is 0 Å². The van der Waals surface area contributed by atoms with E-state index < -0.39 is 11.0 Å². The van der Waals surface area contributed by atoms with Gasteiger partial charge in [0, 0.05) is 18.5 Å². The molecule has 1 unspecified atom stereocenters. The summed E-state index contributed by atoms with van der Waals surface area (Å²) in [4.78, 5) is 22.4. The van der Waals surface area contributed by atoms with Gasteiger partial charge in [-0.3, -0.25) is 10.1 Å². The second kappa shape index (κ2) is 6.99. The van der Waals surface area contributed by atoms with E-state index in [1.165, 1.54) is 12.1 Å². The number of nitrogens with zero attached hydrogens (tertiary/aromatic N) is 1. The smallest absolute Gasteiger partial charge is 0.319 e. The summed E-state index contributed by atoms with van der Waals surface area (Å²) in [5, 5.41) is 16.2. The first-order valence-electron chi connectivity index (χ1n) is 7.62. The van der Waals surface area contributed by atoms with E-state index in [1.807, 2.05) is 24.3 Å². The molecule has 1 aliphatic rings. The molecule has 1 aliphatic heterocycles. The number of rotatable bonds is 4. The largest absolute Gasteiger partial charge is 0.493 e. The Morgan fingerprint density at radius 1 is 1.21 bits per heavy atom. The lowest BCUT2D eigenvalue weighted by atomic mass is 9.97. The summed E-state index contributed by atoms with van der Waals surface area (Å²) in [6.45, 7) is 0.962. The van der Waals surface area contributed by atoms with E-state index in [2.05, 4.69) is 10.6 Å². The van der Waals surface area contributed by atoms with E-state index in [4.69, 9.17) is 4.74 Å². The molecule has 0 radical (unpaired) electrons. The first kappa shape index (κ1) is 15.8. The van der Waals surface area contributed by atoms with Gasteiger partial charge in [-0.15, -0.1) is 0 Å². The van der Waals surface area contributed by atoms with Gasteiger partial charge >= 0.3 is 6.03 Å². The number of nitro benzene ring substituents is 1. The molecule has 0 saturated heterocycles. The van der Waals surface area contributed by atoms with Crippen LogP contribution in [0.4, 0.5) is 16.2 Å². The maximum Gasteiger partial charge on any atom is 0.319 e. The van der Waals surface area contributed by atoms with Gasteiger partial charge in [-0.1, -0.05) is 30.3 Å². The van der Waals surface area contributed by atoms with Crippen LogP contribution in [0.5, 0.6) is 5.75 Å². The fourth-order valence-electron chi connectivity index (χ4n) is 2.66. The number of hydrogen-bond acceptors (Lipinski definition) is 4. The van der Waals surface area contributed by atoms with Crippen LogP contribution in [0.15, 0.2) is 48.5 Å². The van der Waals surface area contributed by atoms with Gasteiger partial charge in [0.15, 0.2) is 0 Å². The van der Waals surface area contributed by atoms with Crippen molar-refractivity contribution < 1.29 is 14.5 Å². The Balaban J connectivity index is 1.55. The van der Waals surface area contributed by atoms with Gasteiger partial charge < -0.3 is 15.4 Å². The van der Waals surface area contributed by atoms with Crippen molar-refractivity contribution >= 4 is 17.4 Å². The van der Waals surface area contributed by atoms with E-state index in [0.717, 1.165) is 17.7 Å². The molecule has 0 saturated carbocycles. The number of urea groups is 1. The fourth-order valence-corrected chi connectivity index (χ4v) is 2.66. The average molecular weight is 327 g/mol. The predicted octanol–water partition coefficient (Wildman–Crippen LogP) is 2.97. The molecular formula is C17H17N3O4. The van der Waals surface area contributed by atoms with Crippen molar-refractivity contribution in [3.63, 3.8) is 0 Å². The highest BCUT2D eigenvalue weighted by molar-refractivity contribution is 5.91. The molecule has 24 heavy (non-hydrogen) atoms. The minimum Gasteiger partial charge on any atom is -0.493 e. The molecule has 7 nitrogen and oxygen atoms in total. The Labute approximate surface area is 138 Å². The Morgan fingerprint density at radius 2 is 1.96 bits per heavy atom. The number of nitrogens with one attached hydrogen (secondary N) is 2. The molecule has 2 aromatic carbocycles. The summed E-state index contributed by atoms with van der Waals surface area (Å²) in [5.41, 5.74) is 1.16. The van der Waals surface area contributed by atoms with Crippen LogP contribution in [0.1, 0.15) is 5.56 Å². The van der Waals surface area contributed by atoms with Gasteiger partial charge in [-0.25, -0.2) is 4.79 Å². The fraction of sp³-hybridized carbons (Fsp3) is 0.235. The Morgan fingerprint density at radius 3 is 2.79 bits per heavy atom. The zero-order valence-corrected chi connectivity index (χ0v) is 12.9. The molecule has 0 bridgehead atoms. The van der Waals surface area contributed by atoms with Crippen molar-refractivity contribution in [2.75, 3.05) is 18.5 Å². The number of anilines is 1. The molecule has 1 heterocycles. The number of amides is 2. The van der Waals surface area contributed by atoms with Gasteiger partial charge in [0.05, 0.1) is 11.5 Å². The van der Waals surface area contributed by atoms with Crippen LogP contribution in [-0.4, -0.2) is 24.1 Å². The lowest BCUT2D eigenvalue weighted by Crippen LogP contribution is -2.37. The lowest BCUT2D eigenvalue weighted by Gasteiger charge is -2.25. The number of fused-ring (bicyclic) bond motifs is 1. The number of nitro groups is 1. The summed E-state index contributed by atoms with van der Waals surface area (Å²) in [6, 6.07) is 13.4. The number of para-hydroxylation sites is 3. The van der Waals surface area contributed by atoms with Crippen molar-refractivity contribution in [2.45, 2.75) is 6.42 Å². The number of carbonyl (C=O) groups excluding carboxylic acids is 1. The SMILES string of the molecule is O=C(NCC1COc2ccccc2C1)Nc1ccccc1[N+](=O)[O-]. The highest BCUT2D eigenvalue weighted by Gasteiger charge is 2.20. The highest BCUT2D eigenvalue weighted by atomic mass is 16.6. The van der Waals surface area contributed by atoms with Crippen LogP contribution in [0.25, 0.3) is 0 Å². The van der Waals surface area contributed by atoms with Crippen LogP contribution < -0.4 is 15.4 Å². The van der Waals surface area contributed by atoms with E-state index in [-0.39, 0.29) is 17.3 Å². The number of ether oxygens (including phenoxy) is 1. The second-order valence-corrected chi connectivity index (χ2v) is 5.60. The highest BCUT2D eigenvalue weighted by Crippen LogP contribution is 2.26. The summed E-state index contributed by atoms with van der Waals surface area (Å²) in [7, 11) is 0. The van der Waals surface area contributed by atoms with E-state index in [1.54, 1.807) is 12.1 Å². The van der Waals surface area contributed by atoms with Crippen molar-refractivity contribution in [1.29, 1.82) is 0 Å². The van der Waals surface area contributed by atoms with E-state index >= 15 is 0 Å². The summed E-state index contributed by atoms with van der Waals surface area (Å²) < 4.78 is 5.68. The molecule has 0 fully saturated rings. The topological polar surface area (TPSA) is 93.5 Å². The van der Waals surface area contributed by atoms with E-state index in [9.17, 15) is 14.9 Å². The van der Waals surface area contributed by atoms with Crippen LogP contribution in [0.3, 0.4) is 0 Å². The standard InChI is InChI=1S/C17H17N3O4/c21-17(19-14-6-2-3-7-15(14)20(22)23)18-10-12-9-13-5-1-4-8-16(13)24-11-12/h1-8,12H,9-11H2,(H2,18,19,21). The Hall–Kier alpha value is -3.09. The maximum absolute atomic E-state index is 12.0. The molecule has 7 heteroatoms. The molecule has 2 aromatic rings. The zero-order chi connectivity index (χ0) is 16.9. The van der Waals surface area contributed by atoms with Gasteiger partial charge in [0.1, 0.15) is 11.4 Å². The minimum atomic E-state index is -0.526. The van der Waals surface area contributed by atoms with Gasteiger partial charge in [0.25, 0.3) is 5.69 Å². The van der Waals surface area contributed by atoms with E-state index in [0.29, 0.717) is 13.2 Å². The quantitative estimate of drug-likeness (QED) is 0.667. The molecule has 0 aromatic heterocycles. The summed E-state index contributed by atoms with van der Waals surface area (Å²) >= 11 is 0. The van der Waals surface area contributed by atoms with Gasteiger partial charge in [-0.05, 0) is 24.1 Å². The monoisotopic (exact) mass is 327 g/mol. The van der Waals surface area contributed by atoms with Crippen molar-refractivity contribution in [3.8, 4) is 5.75 Å². The summed E-state index contributed by atoms with van der Waals surface area (Å²) in [5.74, 6) is 1.05. The van der Waals surface area contributed by atoms with Crippen LogP contribution in [0, 0.1) is 16.0 Å². The molecule has 2 amide bonds. The van der Waals surface area contributed by atoms with Crippen molar-refractivity contribution in [3.05, 3.63) is 64.2 Å². The van der Waals surface area contributed by atoms with Crippen molar-refractivity contribution in [1.82, 2.24) is 5.32 Å². The second-order valence-electron chi connectivity index (χ2n) is 5.60. The number of carbonyl (C=O) groups is 1. The average Bonchev–Trinajstić information content (AvgIpc) is 2.60. The molecule has 0 aliphatic carbocycles. The normalized spacial score (nSPS) is 15.8. The predicted molar refractivity (Wildman–Crippen MR) is 89.2 cm³/mol. The van der Waals surface area contributed by atoms with Crippen molar-refractivity contribution in [2.24, 2.45) is 5.92 Å². The summed E-state index contributed by atoms with van der Waals surface area (Å²) in [6.07, 6.45) is 0.821. The molecular weight excluding hydrogens is 310 g/mol. The van der Waals surface area contributed by atoms with Crippen LogP contribution in [-0.2, 0) is 6.42 Å². The molecule has 3 rings (SSSR count). The maximum atomic E-state index is 12.0. The molecule has 2 N–H and O–H groups in total.